The summed E-state index contributed by atoms with van der Waals surface area (Å²) >= 11 is 0. The summed E-state index contributed by atoms with van der Waals surface area (Å²) in [4.78, 5) is 19.9. The highest BCUT2D eigenvalue weighted by atomic mass is 16.5. The van der Waals surface area contributed by atoms with E-state index < -0.39 is 0 Å². The van der Waals surface area contributed by atoms with Crippen LogP contribution < -0.4 is 10.1 Å². The molecule has 1 amide bonds. The van der Waals surface area contributed by atoms with Gasteiger partial charge in [0, 0.05) is 12.1 Å². The number of ether oxygens (including phenoxy) is 1. The maximum Gasteiger partial charge on any atom is 0.241 e. The molecule has 2 unspecified atom stereocenters. The second kappa shape index (κ2) is 10.6. The van der Waals surface area contributed by atoms with Gasteiger partial charge in [0.15, 0.2) is 0 Å². The van der Waals surface area contributed by atoms with Crippen molar-refractivity contribution >= 4 is 5.91 Å². The zero-order chi connectivity index (χ0) is 23.2. The molecule has 0 aliphatic carbocycles. The Balaban J connectivity index is 1.36. The second-order valence-corrected chi connectivity index (χ2v) is 8.64. The summed E-state index contributed by atoms with van der Waals surface area (Å²) in [5, 5.41) is 7.41. The lowest BCUT2D eigenvalue weighted by Crippen LogP contribution is -2.43. The van der Waals surface area contributed by atoms with Crippen LogP contribution in [0, 0.1) is 12.8 Å². The van der Waals surface area contributed by atoms with Crippen LogP contribution in [0.3, 0.4) is 0 Å². The molecule has 0 spiro atoms. The second-order valence-electron chi connectivity index (χ2n) is 8.64. The van der Waals surface area contributed by atoms with Crippen LogP contribution >= 0.6 is 0 Å². The van der Waals surface area contributed by atoms with E-state index in [-0.39, 0.29) is 17.9 Å². The molecule has 33 heavy (non-hydrogen) atoms. The molecule has 0 radical (unpaired) electrons. The molecule has 7 nitrogen and oxygen atoms in total. The molecule has 2 atom stereocenters. The quantitative estimate of drug-likeness (QED) is 0.545. The molecule has 1 saturated heterocycles. The molecule has 1 aliphatic heterocycles. The Morgan fingerprint density at radius 3 is 2.76 bits per heavy atom. The zero-order valence-electron chi connectivity index (χ0n) is 19.6. The number of benzene rings is 2. The average Bonchev–Trinajstić information content (AvgIpc) is 3.31. The molecule has 1 aliphatic rings. The number of carbonyl (C=O) groups is 1. The minimum atomic E-state index is -0.0511. The fraction of sp³-hybridized carbons (Fsp3) is 0.423. The summed E-state index contributed by atoms with van der Waals surface area (Å²) in [6, 6.07) is 15.9. The lowest BCUT2D eigenvalue weighted by atomic mass is 9.95. The van der Waals surface area contributed by atoms with Crippen LogP contribution in [0.4, 0.5) is 0 Å². The number of methoxy groups -OCH3 is 1. The molecular weight excluding hydrogens is 416 g/mol. The number of carbonyl (C=O) groups excluding carboxylic acids is 1. The Hall–Kier alpha value is -3.19. The topological polar surface area (TPSA) is 80.5 Å². The van der Waals surface area contributed by atoms with Gasteiger partial charge in [0.05, 0.1) is 25.6 Å². The highest BCUT2D eigenvalue weighted by molar-refractivity contribution is 5.79. The predicted octanol–water partition coefficient (Wildman–Crippen LogP) is 4.53. The van der Waals surface area contributed by atoms with Crippen molar-refractivity contribution in [3.05, 3.63) is 65.5 Å². The molecule has 4 rings (SSSR count). The molecule has 1 fully saturated rings. The Morgan fingerprint density at radius 1 is 1.24 bits per heavy atom. The minimum Gasteiger partial charge on any atom is -0.497 e. The van der Waals surface area contributed by atoms with E-state index in [2.05, 4.69) is 27.3 Å². The Morgan fingerprint density at radius 2 is 2.03 bits per heavy atom. The molecule has 7 heteroatoms. The van der Waals surface area contributed by atoms with Crippen LogP contribution in [0.1, 0.15) is 49.2 Å². The number of nitrogens with one attached hydrogen (secondary N) is 1. The average molecular weight is 449 g/mol. The van der Waals surface area contributed by atoms with Crippen LogP contribution in [-0.2, 0) is 11.3 Å². The third-order valence-electron chi connectivity index (χ3n) is 6.33. The highest BCUT2D eigenvalue weighted by Crippen LogP contribution is 2.24. The van der Waals surface area contributed by atoms with E-state index in [1.165, 1.54) is 0 Å². The minimum absolute atomic E-state index is 0.00797. The van der Waals surface area contributed by atoms with Gasteiger partial charge in [-0.1, -0.05) is 48.5 Å². The maximum atomic E-state index is 13.1. The first-order valence-corrected chi connectivity index (χ1v) is 11.6. The molecule has 0 bridgehead atoms. The lowest BCUT2D eigenvalue weighted by Gasteiger charge is -2.32. The summed E-state index contributed by atoms with van der Waals surface area (Å²) in [5.41, 5.74) is 3.18. The van der Waals surface area contributed by atoms with Gasteiger partial charge in [0.25, 0.3) is 0 Å². The van der Waals surface area contributed by atoms with E-state index in [1.807, 2.05) is 55.5 Å². The zero-order valence-corrected chi connectivity index (χ0v) is 19.6. The molecule has 2 aromatic carbocycles. The van der Waals surface area contributed by atoms with Crippen molar-refractivity contribution in [3.63, 3.8) is 0 Å². The van der Waals surface area contributed by atoms with Crippen molar-refractivity contribution in [1.82, 2.24) is 20.4 Å². The first-order valence-electron chi connectivity index (χ1n) is 11.6. The van der Waals surface area contributed by atoms with Crippen LogP contribution in [0.5, 0.6) is 5.75 Å². The third kappa shape index (κ3) is 5.60. The van der Waals surface area contributed by atoms with Gasteiger partial charge in [-0.2, -0.15) is 4.98 Å². The lowest BCUT2D eigenvalue weighted by molar-refractivity contribution is -0.127. The van der Waals surface area contributed by atoms with Crippen molar-refractivity contribution < 1.29 is 14.1 Å². The van der Waals surface area contributed by atoms with Crippen LogP contribution in [-0.4, -0.2) is 41.1 Å². The number of aryl methyl sites for hydroxylation is 1. The molecule has 3 aromatic rings. The number of likely N-dealkylation sites (tertiary alicyclic amines) is 1. The Bertz CT molecular complexity index is 1060. The van der Waals surface area contributed by atoms with E-state index >= 15 is 0 Å². The first kappa shape index (κ1) is 23.0. The fourth-order valence-corrected chi connectivity index (χ4v) is 4.40. The van der Waals surface area contributed by atoms with E-state index in [9.17, 15) is 4.79 Å². The summed E-state index contributed by atoms with van der Waals surface area (Å²) in [7, 11) is 1.65. The van der Waals surface area contributed by atoms with Crippen LogP contribution in [0.2, 0.25) is 0 Å². The maximum absolute atomic E-state index is 13.1. The van der Waals surface area contributed by atoms with Crippen molar-refractivity contribution in [1.29, 1.82) is 0 Å². The van der Waals surface area contributed by atoms with Gasteiger partial charge < -0.3 is 14.6 Å². The van der Waals surface area contributed by atoms with Crippen molar-refractivity contribution in [3.8, 4) is 17.1 Å². The van der Waals surface area contributed by atoms with Gasteiger partial charge in [-0.15, -0.1) is 0 Å². The molecule has 1 aromatic heterocycles. The summed E-state index contributed by atoms with van der Waals surface area (Å²) in [5.74, 6) is 2.06. The van der Waals surface area contributed by atoms with Gasteiger partial charge >= 0.3 is 0 Å². The number of amides is 1. The number of nitrogens with zero attached hydrogens (tertiary/aromatic N) is 3. The standard InChI is InChI=1S/C26H32N4O3/c1-4-23(19-11-13-21(32-3)14-12-19)27-26(31)20-9-7-15-30(16-20)17-24-28-25(29-33-24)22-10-6-5-8-18(22)2/h5-6,8,10-14,20,23H,4,7,9,15-17H2,1-3H3,(H,27,31). The number of piperidine rings is 1. The SMILES string of the molecule is CCC(NC(=O)C1CCCN(Cc2nc(-c3ccccc3C)no2)C1)c1ccc(OC)cc1. The third-order valence-corrected chi connectivity index (χ3v) is 6.33. The summed E-state index contributed by atoms with van der Waals surface area (Å²) < 4.78 is 10.8. The van der Waals surface area contributed by atoms with Gasteiger partial charge in [0.1, 0.15) is 5.75 Å². The monoisotopic (exact) mass is 448 g/mol. The first-order chi connectivity index (χ1) is 16.1. The van der Waals surface area contributed by atoms with Gasteiger partial charge in [0.2, 0.25) is 17.6 Å². The Labute approximate surface area is 195 Å². The van der Waals surface area contributed by atoms with Crippen LogP contribution in [0.25, 0.3) is 11.4 Å². The smallest absolute Gasteiger partial charge is 0.241 e. The Kier molecular flexibility index (Phi) is 7.40. The van der Waals surface area contributed by atoms with E-state index in [4.69, 9.17) is 9.26 Å². The van der Waals surface area contributed by atoms with Crippen molar-refractivity contribution in [2.24, 2.45) is 5.92 Å². The largest absolute Gasteiger partial charge is 0.497 e. The summed E-state index contributed by atoms with van der Waals surface area (Å²) in [6.45, 7) is 6.28. The number of hydrogen-bond donors (Lipinski definition) is 1. The van der Waals surface area contributed by atoms with Crippen LogP contribution in [0.15, 0.2) is 53.1 Å². The van der Waals surface area contributed by atoms with Crippen molar-refractivity contribution in [2.45, 2.75) is 45.7 Å². The van der Waals surface area contributed by atoms with Gasteiger partial charge in [-0.3, -0.25) is 9.69 Å². The molecule has 2 heterocycles. The highest BCUT2D eigenvalue weighted by Gasteiger charge is 2.28. The molecule has 1 N–H and O–H groups in total. The van der Waals surface area contributed by atoms with Gasteiger partial charge in [-0.05, 0) is 56.0 Å². The normalized spacial score (nSPS) is 17.5. The van der Waals surface area contributed by atoms with E-state index in [0.29, 0.717) is 24.8 Å². The summed E-state index contributed by atoms with van der Waals surface area (Å²) in [6.07, 6.45) is 2.69. The number of rotatable bonds is 8. The van der Waals surface area contributed by atoms with E-state index in [0.717, 1.165) is 48.2 Å². The predicted molar refractivity (Wildman–Crippen MR) is 127 cm³/mol. The fourth-order valence-electron chi connectivity index (χ4n) is 4.40. The van der Waals surface area contributed by atoms with Gasteiger partial charge in [-0.25, -0.2) is 0 Å². The number of hydrogen-bond acceptors (Lipinski definition) is 6. The molecule has 174 valence electrons. The molecular formula is C26H32N4O3. The van der Waals surface area contributed by atoms with E-state index in [1.54, 1.807) is 7.11 Å². The number of aromatic nitrogens is 2. The van der Waals surface area contributed by atoms with Crippen molar-refractivity contribution in [2.75, 3.05) is 20.2 Å². The molecule has 0 saturated carbocycles.